The highest BCUT2D eigenvalue weighted by Crippen LogP contribution is 2.25. The molecule has 2 unspecified atom stereocenters. The average molecular weight is 292 g/mol. The second-order valence-corrected chi connectivity index (χ2v) is 5.44. The summed E-state index contributed by atoms with van der Waals surface area (Å²) in [5, 5.41) is 16.8. The minimum atomic E-state index is -0.578. The molecule has 1 heterocycles. The van der Waals surface area contributed by atoms with Gasteiger partial charge in [-0.2, -0.15) is 0 Å². The van der Waals surface area contributed by atoms with E-state index in [-0.39, 0.29) is 17.3 Å². The van der Waals surface area contributed by atoms with Crippen molar-refractivity contribution in [2.75, 3.05) is 12.4 Å². The molecule has 0 bridgehead atoms. The van der Waals surface area contributed by atoms with Crippen LogP contribution in [0, 0.1) is 16.0 Å². The zero-order valence-corrected chi connectivity index (χ0v) is 12.3. The molecule has 0 aromatic carbocycles. The third kappa shape index (κ3) is 3.48. The standard InChI is InChI=1S/C14H20N4O3/c1-9-5-3-4-6-11(9)17-14(19)10-7-13(15-2)16-8-12(10)18(20)21/h7-9,11H,3-6H2,1-2H3,(H,15,16)(H,17,19). The van der Waals surface area contributed by atoms with Gasteiger partial charge in [-0.3, -0.25) is 14.9 Å². The Balaban J connectivity index is 2.22. The van der Waals surface area contributed by atoms with Crippen LogP contribution in [0.2, 0.25) is 0 Å². The predicted molar refractivity (Wildman–Crippen MR) is 79.3 cm³/mol. The zero-order valence-electron chi connectivity index (χ0n) is 12.3. The van der Waals surface area contributed by atoms with Gasteiger partial charge in [-0.05, 0) is 18.8 Å². The van der Waals surface area contributed by atoms with Gasteiger partial charge in [-0.1, -0.05) is 19.8 Å². The van der Waals surface area contributed by atoms with Crippen LogP contribution in [0.4, 0.5) is 11.5 Å². The van der Waals surface area contributed by atoms with E-state index in [0.29, 0.717) is 11.7 Å². The van der Waals surface area contributed by atoms with Gasteiger partial charge in [0.1, 0.15) is 17.6 Å². The lowest BCUT2D eigenvalue weighted by Gasteiger charge is -2.29. The van der Waals surface area contributed by atoms with E-state index in [9.17, 15) is 14.9 Å². The fourth-order valence-corrected chi connectivity index (χ4v) is 2.69. The van der Waals surface area contributed by atoms with Crippen molar-refractivity contribution >= 4 is 17.4 Å². The van der Waals surface area contributed by atoms with Crippen LogP contribution in [-0.2, 0) is 0 Å². The van der Waals surface area contributed by atoms with Crippen molar-refractivity contribution in [3.8, 4) is 0 Å². The van der Waals surface area contributed by atoms with Crippen LogP contribution in [0.1, 0.15) is 43.0 Å². The highest BCUT2D eigenvalue weighted by atomic mass is 16.6. The lowest BCUT2D eigenvalue weighted by atomic mass is 9.86. The minimum Gasteiger partial charge on any atom is -0.373 e. The molecule has 1 amide bonds. The van der Waals surface area contributed by atoms with E-state index >= 15 is 0 Å². The van der Waals surface area contributed by atoms with Crippen molar-refractivity contribution in [3.63, 3.8) is 0 Å². The van der Waals surface area contributed by atoms with Gasteiger partial charge in [0.05, 0.1) is 4.92 Å². The minimum absolute atomic E-state index is 0.0529. The molecule has 1 fully saturated rings. The number of nitrogens with zero attached hydrogens (tertiary/aromatic N) is 2. The summed E-state index contributed by atoms with van der Waals surface area (Å²) in [7, 11) is 1.65. The maximum Gasteiger partial charge on any atom is 0.300 e. The first-order valence-corrected chi connectivity index (χ1v) is 7.16. The molecule has 1 aliphatic rings. The summed E-state index contributed by atoms with van der Waals surface area (Å²) < 4.78 is 0. The summed E-state index contributed by atoms with van der Waals surface area (Å²) in [6, 6.07) is 1.50. The molecule has 0 radical (unpaired) electrons. The molecule has 21 heavy (non-hydrogen) atoms. The van der Waals surface area contributed by atoms with Gasteiger partial charge in [0.25, 0.3) is 11.6 Å². The third-order valence-corrected chi connectivity index (χ3v) is 4.01. The number of pyridine rings is 1. The van der Waals surface area contributed by atoms with E-state index in [0.717, 1.165) is 25.5 Å². The number of rotatable bonds is 4. The Bertz CT molecular complexity index is 547. The molecule has 0 aliphatic heterocycles. The van der Waals surface area contributed by atoms with Crippen molar-refractivity contribution in [2.45, 2.75) is 38.6 Å². The van der Waals surface area contributed by atoms with Gasteiger partial charge in [0.2, 0.25) is 0 Å². The van der Waals surface area contributed by atoms with Crippen molar-refractivity contribution in [1.82, 2.24) is 10.3 Å². The molecular formula is C14H20N4O3. The Morgan fingerprint density at radius 1 is 1.43 bits per heavy atom. The summed E-state index contributed by atoms with van der Waals surface area (Å²) in [6.45, 7) is 2.10. The van der Waals surface area contributed by atoms with Crippen molar-refractivity contribution < 1.29 is 9.72 Å². The number of anilines is 1. The SMILES string of the molecule is CNc1cc(C(=O)NC2CCCCC2C)c([N+](=O)[O-])cn1. The van der Waals surface area contributed by atoms with E-state index < -0.39 is 10.8 Å². The molecule has 1 saturated carbocycles. The summed E-state index contributed by atoms with van der Waals surface area (Å²) in [4.78, 5) is 26.7. The molecule has 0 saturated heterocycles. The van der Waals surface area contributed by atoms with Crippen LogP contribution in [-0.4, -0.2) is 28.9 Å². The smallest absolute Gasteiger partial charge is 0.300 e. The van der Waals surface area contributed by atoms with Gasteiger partial charge >= 0.3 is 0 Å². The molecule has 7 nitrogen and oxygen atoms in total. The van der Waals surface area contributed by atoms with Crippen molar-refractivity contribution in [3.05, 3.63) is 27.9 Å². The fraction of sp³-hybridized carbons (Fsp3) is 0.571. The molecule has 1 aliphatic carbocycles. The second kappa shape index (κ2) is 6.51. The molecular weight excluding hydrogens is 272 g/mol. The van der Waals surface area contributed by atoms with Crippen LogP contribution in [0.5, 0.6) is 0 Å². The third-order valence-electron chi connectivity index (χ3n) is 4.01. The summed E-state index contributed by atoms with van der Waals surface area (Å²) in [5.74, 6) is 0.425. The van der Waals surface area contributed by atoms with Crippen LogP contribution < -0.4 is 10.6 Å². The van der Waals surface area contributed by atoms with E-state index in [1.54, 1.807) is 7.05 Å². The zero-order chi connectivity index (χ0) is 15.4. The van der Waals surface area contributed by atoms with Crippen molar-refractivity contribution in [1.29, 1.82) is 0 Å². The van der Waals surface area contributed by atoms with Crippen LogP contribution in [0.25, 0.3) is 0 Å². The molecule has 2 N–H and O–H groups in total. The van der Waals surface area contributed by atoms with E-state index in [1.165, 1.54) is 12.5 Å². The lowest BCUT2D eigenvalue weighted by Crippen LogP contribution is -2.41. The second-order valence-electron chi connectivity index (χ2n) is 5.44. The maximum absolute atomic E-state index is 12.4. The topological polar surface area (TPSA) is 97.2 Å². The molecule has 7 heteroatoms. The number of amides is 1. The largest absolute Gasteiger partial charge is 0.373 e. The molecule has 1 aromatic heterocycles. The first-order valence-electron chi connectivity index (χ1n) is 7.16. The van der Waals surface area contributed by atoms with Crippen LogP contribution in [0.3, 0.4) is 0 Å². The van der Waals surface area contributed by atoms with E-state index in [2.05, 4.69) is 22.5 Å². The summed E-state index contributed by atoms with van der Waals surface area (Å²) >= 11 is 0. The molecule has 0 spiro atoms. The highest BCUT2D eigenvalue weighted by Gasteiger charge is 2.27. The van der Waals surface area contributed by atoms with Gasteiger partial charge in [-0.15, -0.1) is 0 Å². The number of nitro groups is 1. The first kappa shape index (κ1) is 15.2. The quantitative estimate of drug-likeness (QED) is 0.655. The lowest BCUT2D eigenvalue weighted by molar-refractivity contribution is -0.385. The molecule has 2 rings (SSSR count). The number of carbonyl (C=O) groups is 1. The number of hydrogen-bond acceptors (Lipinski definition) is 5. The normalized spacial score (nSPS) is 21.6. The first-order chi connectivity index (χ1) is 10.0. The molecule has 2 atom stereocenters. The van der Waals surface area contributed by atoms with E-state index in [4.69, 9.17) is 0 Å². The number of aromatic nitrogens is 1. The highest BCUT2D eigenvalue weighted by molar-refractivity contribution is 5.98. The Kier molecular flexibility index (Phi) is 4.72. The van der Waals surface area contributed by atoms with Gasteiger partial charge in [-0.25, -0.2) is 4.98 Å². The Morgan fingerprint density at radius 2 is 2.14 bits per heavy atom. The van der Waals surface area contributed by atoms with Gasteiger partial charge in [0, 0.05) is 19.2 Å². The van der Waals surface area contributed by atoms with E-state index in [1.807, 2.05) is 0 Å². The number of hydrogen-bond donors (Lipinski definition) is 2. The fourth-order valence-electron chi connectivity index (χ4n) is 2.69. The molecule has 114 valence electrons. The van der Waals surface area contributed by atoms with Gasteiger partial charge < -0.3 is 10.6 Å². The summed E-state index contributed by atoms with van der Waals surface area (Å²) in [6.07, 6.45) is 5.36. The van der Waals surface area contributed by atoms with Crippen molar-refractivity contribution in [2.24, 2.45) is 5.92 Å². The average Bonchev–Trinajstić information content (AvgIpc) is 2.48. The Morgan fingerprint density at radius 3 is 2.76 bits per heavy atom. The predicted octanol–water partition coefficient (Wildman–Crippen LogP) is 2.34. The van der Waals surface area contributed by atoms with Crippen LogP contribution in [0.15, 0.2) is 12.3 Å². The molecule has 1 aromatic rings. The van der Waals surface area contributed by atoms with Gasteiger partial charge in [0.15, 0.2) is 0 Å². The maximum atomic E-state index is 12.4. The number of nitrogens with one attached hydrogen (secondary N) is 2. The Hall–Kier alpha value is -2.18. The summed E-state index contributed by atoms with van der Waals surface area (Å²) in [5.41, 5.74) is -0.216. The van der Waals surface area contributed by atoms with Crippen LogP contribution >= 0.6 is 0 Å². The Labute approximate surface area is 123 Å². The number of carbonyl (C=O) groups excluding carboxylic acids is 1. The monoisotopic (exact) mass is 292 g/mol.